The van der Waals surface area contributed by atoms with Gasteiger partial charge < -0.3 is 29.8 Å². The number of rotatable bonds is 6. The smallest absolute Gasteiger partial charge is 0.410 e. The van der Waals surface area contributed by atoms with Crippen LogP contribution in [0.1, 0.15) is 41.5 Å². The van der Waals surface area contributed by atoms with E-state index in [1.807, 2.05) is 0 Å². The minimum absolute atomic E-state index is 0.0124. The van der Waals surface area contributed by atoms with Gasteiger partial charge in [-0.3, -0.25) is 4.90 Å². The van der Waals surface area contributed by atoms with Crippen LogP contribution in [0.2, 0.25) is 0 Å². The van der Waals surface area contributed by atoms with Crippen molar-refractivity contribution in [2.45, 2.75) is 52.7 Å². The van der Waals surface area contributed by atoms with Gasteiger partial charge >= 0.3 is 18.2 Å². The maximum Gasteiger partial charge on any atom is 0.410 e. The average molecular weight is 415 g/mol. The summed E-state index contributed by atoms with van der Waals surface area (Å²) in [5.74, 6) is -1.94. The van der Waals surface area contributed by atoms with Gasteiger partial charge in [-0.15, -0.1) is 4.73 Å². The van der Waals surface area contributed by atoms with Gasteiger partial charge in [0.05, 0.1) is 0 Å². The molecule has 3 N–H and O–H groups in total. The summed E-state index contributed by atoms with van der Waals surface area (Å²) in [6.45, 7) is 9.48. The van der Waals surface area contributed by atoms with Crippen LogP contribution < -0.4 is 10.2 Å². The standard InChI is InChI=1S/C18H29N3O8/c1-17(2,3)27-15(25)19-9-10-20(16(26)28-18(4,5)6)11-14(24)29-21-12(22)7-8-13(21)23/h7-8,22-23H,9-11H2,1-6H3,(H,19,25). The second-order valence-electron chi connectivity index (χ2n) is 8.14. The van der Waals surface area contributed by atoms with Crippen molar-refractivity contribution in [2.75, 3.05) is 19.6 Å². The zero-order chi connectivity index (χ0) is 22.4. The summed E-state index contributed by atoms with van der Waals surface area (Å²) in [6.07, 6.45) is -1.48. The second kappa shape index (κ2) is 9.39. The fourth-order valence-electron chi connectivity index (χ4n) is 1.95. The first kappa shape index (κ1) is 23.9. The fraction of sp³-hybridized carbons (Fsp3) is 0.611. The van der Waals surface area contributed by atoms with Crippen molar-refractivity contribution in [1.82, 2.24) is 14.9 Å². The van der Waals surface area contributed by atoms with E-state index in [2.05, 4.69) is 5.32 Å². The Morgan fingerprint density at radius 3 is 2.00 bits per heavy atom. The van der Waals surface area contributed by atoms with Crippen molar-refractivity contribution < 1.29 is 38.9 Å². The average Bonchev–Trinajstić information content (AvgIpc) is 2.82. The van der Waals surface area contributed by atoms with Crippen molar-refractivity contribution in [3.63, 3.8) is 0 Å². The van der Waals surface area contributed by atoms with E-state index >= 15 is 0 Å². The molecular weight excluding hydrogens is 386 g/mol. The number of aromatic hydroxyl groups is 2. The molecule has 164 valence electrons. The monoisotopic (exact) mass is 415 g/mol. The lowest BCUT2D eigenvalue weighted by Gasteiger charge is -2.27. The lowest BCUT2D eigenvalue weighted by atomic mass is 10.2. The first-order chi connectivity index (χ1) is 13.2. The Morgan fingerprint density at radius 1 is 1.00 bits per heavy atom. The first-order valence-corrected chi connectivity index (χ1v) is 8.93. The molecule has 0 aromatic carbocycles. The number of carbonyl (C=O) groups excluding carboxylic acids is 3. The van der Waals surface area contributed by atoms with Crippen LogP contribution in [0.5, 0.6) is 11.8 Å². The number of alkyl carbamates (subject to hydrolysis) is 1. The summed E-state index contributed by atoms with van der Waals surface area (Å²) in [5, 5.41) is 21.5. The van der Waals surface area contributed by atoms with Gasteiger partial charge in [0, 0.05) is 25.2 Å². The van der Waals surface area contributed by atoms with Crippen LogP contribution >= 0.6 is 0 Å². The Hall–Kier alpha value is -3.11. The topological polar surface area (TPSA) is 140 Å². The predicted octanol–water partition coefficient (Wildman–Crippen LogP) is 1.62. The van der Waals surface area contributed by atoms with E-state index in [0.717, 1.165) is 17.0 Å². The summed E-state index contributed by atoms with van der Waals surface area (Å²) < 4.78 is 10.9. The van der Waals surface area contributed by atoms with Crippen LogP contribution in [0, 0.1) is 0 Å². The molecule has 0 saturated carbocycles. The maximum absolute atomic E-state index is 12.4. The molecule has 29 heavy (non-hydrogen) atoms. The lowest BCUT2D eigenvalue weighted by molar-refractivity contribution is -0.146. The molecule has 0 radical (unpaired) electrons. The van der Waals surface area contributed by atoms with E-state index < -0.39 is 47.7 Å². The van der Waals surface area contributed by atoms with E-state index in [1.165, 1.54) is 0 Å². The molecule has 11 heteroatoms. The normalized spacial score (nSPS) is 11.5. The van der Waals surface area contributed by atoms with Crippen LogP contribution in [0.4, 0.5) is 9.59 Å². The second-order valence-corrected chi connectivity index (χ2v) is 8.14. The summed E-state index contributed by atoms with van der Waals surface area (Å²) in [6, 6.07) is 2.25. The Bertz CT molecular complexity index is 711. The number of nitrogens with zero attached hydrogens (tertiary/aromatic N) is 2. The third-order valence-corrected chi connectivity index (χ3v) is 3.01. The molecule has 0 bridgehead atoms. The number of amides is 2. The quantitative estimate of drug-likeness (QED) is 0.637. The number of hydrogen-bond acceptors (Lipinski definition) is 8. The number of aromatic nitrogens is 1. The Labute approximate surface area is 169 Å². The van der Waals surface area contributed by atoms with Gasteiger partial charge in [-0.2, -0.15) is 0 Å². The van der Waals surface area contributed by atoms with E-state index in [-0.39, 0.29) is 13.1 Å². The highest BCUT2D eigenvalue weighted by Crippen LogP contribution is 2.18. The Morgan fingerprint density at radius 2 is 1.52 bits per heavy atom. The molecule has 0 aliphatic rings. The highest BCUT2D eigenvalue weighted by molar-refractivity contribution is 5.78. The van der Waals surface area contributed by atoms with Gasteiger partial charge in [0.15, 0.2) is 0 Å². The Balaban J connectivity index is 2.74. The molecule has 0 saturated heterocycles. The van der Waals surface area contributed by atoms with Gasteiger partial charge in [0.25, 0.3) is 0 Å². The zero-order valence-corrected chi connectivity index (χ0v) is 17.5. The predicted molar refractivity (Wildman–Crippen MR) is 101 cm³/mol. The summed E-state index contributed by atoms with van der Waals surface area (Å²) in [4.78, 5) is 42.1. The van der Waals surface area contributed by atoms with E-state index in [9.17, 15) is 24.6 Å². The number of carbonyl (C=O) groups is 3. The van der Waals surface area contributed by atoms with Gasteiger partial charge in [-0.25, -0.2) is 14.4 Å². The summed E-state index contributed by atoms with van der Waals surface area (Å²) in [7, 11) is 0. The van der Waals surface area contributed by atoms with E-state index in [4.69, 9.17) is 14.3 Å². The lowest BCUT2D eigenvalue weighted by Crippen LogP contribution is -2.45. The molecular formula is C18H29N3O8. The molecule has 0 aliphatic heterocycles. The minimum atomic E-state index is -0.949. The van der Waals surface area contributed by atoms with Crippen LogP contribution in [0.25, 0.3) is 0 Å². The van der Waals surface area contributed by atoms with Crippen molar-refractivity contribution >= 4 is 18.2 Å². The highest BCUT2D eigenvalue weighted by Gasteiger charge is 2.26. The molecule has 1 rings (SSSR count). The number of ether oxygens (including phenoxy) is 2. The van der Waals surface area contributed by atoms with Gasteiger partial charge in [0.2, 0.25) is 11.8 Å². The van der Waals surface area contributed by atoms with Crippen LogP contribution in [0.15, 0.2) is 12.1 Å². The number of hydrogen-bond donors (Lipinski definition) is 3. The zero-order valence-electron chi connectivity index (χ0n) is 17.5. The molecule has 2 amide bonds. The summed E-state index contributed by atoms with van der Waals surface area (Å²) in [5.41, 5.74) is -1.49. The van der Waals surface area contributed by atoms with E-state index in [0.29, 0.717) is 4.73 Å². The van der Waals surface area contributed by atoms with Crippen molar-refractivity contribution in [1.29, 1.82) is 0 Å². The van der Waals surface area contributed by atoms with Crippen LogP contribution in [-0.4, -0.2) is 68.8 Å². The third-order valence-electron chi connectivity index (χ3n) is 3.01. The highest BCUT2D eigenvalue weighted by atomic mass is 16.7. The number of nitrogens with one attached hydrogen (secondary N) is 1. The fourth-order valence-corrected chi connectivity index (χ4v) is 1.95. The van der Waals surface area contributed by atoms with Crippen molar-refractivity contribution in [3.05, 3.63) is 12.1 Å². The molecule has 1 aromatic heterocycles. The minimum Gasteiger partial charge on any atom is -0.492 e. The molecule has 0 aliphatic carbocycles. The molecule has 0 spiro atoms. The maximum atomic E-state index is 12.4. The van der Waals surface area contributed by atoms with Crippen LogP contribution in [0.3, 0.4) is 0 Å². The van der Waals surface area contributed by atoms with Crippen molar-refractivity contribution in [2.24, 2.45) is 0 Å². The van der Waals surface area contributed by atoms with Crippen LogP contribution in [-0.2, 0) is 14.3 Å². The molecule has 0 atom stereocenters. The Kier molecular flexibility index (Phi) is 7.75. The SMILES string of the molecule is CC(C)(C)OC(=O)NCCN(CC(=O)On1c(O)ccc1O)C(=O)OC(C)(C)C. The largest absolute Gasteiger partial charge is 0.492 e. The van der Waals surface area contributed by atoms with E-state index in [1.54, 1.807) is 41.5 Å². The molecule has 1 heterocycles. The van der Waals surface area contributed by atoms with Gasteiger partial charge in [0.1, 0.15) is 17.7 Å². The van der Waals surface area contributed by atoms with Gasteiger partial charge in [-0.05, 0) is 41.5 Å². The van der Waals surface area contributed by atoms with Gasteiger partial charge in [-0.1, -0.05) is 0 Å². The summed E-state index contributed by atoms with van der Waals surface area (Å²) >= 11 is 0. The molecule has 0 unspecified atom stereocenters. The van der Waals surface area contributed by atoms with Crippen molar-refractivity contribution in [3.8, 4) is 11.8 Å². The first-order valence-electron chi connectivity index (χ1n) is 8.93. The molecule has 0 fully saturated rings. The third kappa shape index (κ3) is 9.08. The molecule has 1 aromatic rings. The molecule has 11 nitrogen and oxygen atoms in total.